The van der Waals surface area contributed by atoms with Crippen LogP contribution in [0.1, 0.15) is 13.2 Å². The molecule has 15 heavy (non-hydrogen) atoms. The van der Waals surface area contributed by atoms with Crippen LogP contribution in [-0.4, -0.2) is 47.2 Å². The molecule has 0 saturated heterocycles. The van der Waals surface area contributed by atoms with E-state index in [2.05, 4.69) is 4.89 Å². The van der Waals surface area contributed by atoms with E-state index in [1.165, 1.54) is 0 Å². The summed E-state index contributed by atoms with van der Waals surface area (Å²) in [4.78, 5) is 13.8. The zero-order valence-electron chi connectivity index (χ0n) is 9.45. The van der Waals surface area contributed by atoms with Crippen molar-refractivity contribution in [2.24, 2.45) is 0 Å². The van der Waals surface area contributed by atoms with Gasteiger partial charge in [0, 0.05) is 0 Å². The summed E-state index contributed by atoms with van der Waals surface area (Å²) in [5.74, 6) is -1.01. The maximum atomic E-state index is 10.7. The van der Waals surface area contributed by atoms with Gasteiger partial charge in [0.15, 0.2) is 0 Å². The molecule has 0 aliphatic rings. The van der Waals surface area contributed by atoms with Crippen molar-refractivity contribution in [3.05, 3.63) is 29.8 Å². The van der Waals surface area contributed by atoms with Crippen LogP contribution in [0.25, 0.3) is 0 Å². The predicted octanol–water partition coefficient (Wildman–Crippen LogP) is 0.407. The number of rotatable bonds is 2. The standard InChI is InChI=1S/C7H6O6S.Mg.2H/c8-7(13-9)5-1-3-6(4-2-5)14(10,11)12;;;/h1-4,9H,(H,10,11,12);;;/q;+2;2*-1. The molecule has 1 aromatic rings. The Balaban J connectivity index is -0.000000653. The average molecular weight is 245 g/mol. The second-order valence-corrected chi connectivity index (χ2v) is 3.80. The smallest absolute Gasteiger partial charge is 1.00 e. The molecule has 0 heterocycles. The molecule has 0 radical (unpaired) electrons. The summed E-state index contributed by atoms with van der Waals surface area (Å²) in [5.41, 5.74) is -0.0279. The Morgan fingerprint density at radius 2 is 1.73 bits per heavy atom. The molecule has 6 nitrogen and oxygen atoms in total. The largest absolute Gasteiger partial charge is 2.00 e. The summed E-state index contributed by atoms with van der Waals surface area (Å²) in [6, 6.07) is 4.23. The second kappa shape index (κ2) is 5.42. The van der Waals surface area contributed by atoms with Gasteiger partial charge in [0.1, 0.15) is 0 Å². The van der Waals surface area contributed by atoms with Gasteiger partial charge in [-0.2, -0.15) is 13.7 Å². The molecule has 8 heteroatoms. The molecule has 1 rings (SSSR count). The molecule has 1 aromatic carbocycles. The van der Waals surface area contributed by atoms with Gasteiger partial charge < -0.3 is 2.85 Å². The molecule has 0 unspecified atom stereocenters. The van der Waals surface area contributed by atoms with Gasteiger partial charge in [-0.25, -0.2) is 4.79 Å². The fraction of sp³-hybridized carbons (Fsp3) is 0. The third-order valence-corrected chi connectivity index (χ3v) is 2.34. The Labute approximate surface area is 105 Å². The SMILES string of the molecule is O=C(OO)c1ccc(S(=O)(=O)O)cc1.[H-].[H-].[Mg+2]. The normalized spacial score (nSPS) is 10.3. The van der Waals surface area contributed by atoms with E-state index in [4.69, 9.17) is 9.81 Å². The summed E-state index contributed by atoms with van der Waals surface area (Å²) in [7, 11) is -4.27. The van der Waals surface area contributed by atoms with Crippen molar-refractivity contribution >= 4 is 39.1 Å². The van der Waals surface area contributed by atoms with E-state index >= 15 is 0 Å². The first-order valence-corrected chi connectivity index (χ1v) is 4.82. The van der Waals surface area contributed by atoms with Gasteiger partial charge in [0.2, 0.25) is 0 Å². The van der Waals surface area contributed by atoms with Gasteiger partial charge in [-0.05, 0) is 24.3 Å². The van der Waals surface area contributed by atoms with Crippen LogP contribution in [0.3, 0.4) is 0 Å². The molecular weight excluding hydrogens is 236 g/mol. The van der Waals surface area contributed by atoms with E-state index in [-0.39, 0.29) is 36.4 Å². The Hall–Kier alpha value is -0.674. The van der Waals surface area contributed by atoms with Crippen molar-refractivity contribution in [3.8, 4) is 0 Å². The van der Waals surface area contributed by atoms with Crippen molar-refractivity contribution in [1.82, 2.24) is 0 Å². The van der Waals surface area contributed by atoms with Gasteiger partial charge in [-0.15, -0.1) is 0 Å². The van der Waals surface area contributed by atoms with Crippen LogP contribution in [0.4, 0.5) is 0 Å². The van der Waals surface area contributed by atoms with Gasteiger partial charge in [0.25, 0.3) is 10.1 Å². The number of carbonyl (C=O) groups excluding carboxylic acids is 1. The van der Waals surface area contributed by atoms with E-state index < -0.39 is 16.1 Å². The molecule has 0 atom stereocenters. The maximum Gasteiger partial charge on any atom is 2.00 e. The minimum Gasteiger partial charge on any atom is -1.00 e. The monoisotopic (exact) mass is 244 g/mol. The van der Waals surface area contributed by atoms with E-state index in [1.54, 1.807) is 0 Å². The van der Waals surface area contributed by atoms with Crippen LogP contribution in [0, 0.1) is 0 Å². The van der Waals surface area contributed by atoms with Crippen molar-refractivity contribution < 1.29 is 30.8 Å². The molecule has 0 spiro atoms. The van der Waals surface area contributed by atoms with Crippen LogP contribution in [0.15, 0.2) is 29.2 Å². The van der Waals surface area contributed by atoms with Crippen LogP contribution >= 0.6 is 0 Å². The maximum absolute atomic E-state index is 10.7. The number of carbonyl (C=O) groups is 1. The molecule has 2 N–H and O–H groups in total. The number of hydrogen-bond donors (Lipinski definition) is 2. The average Bonchev–Trinajstić information content (AvgIpc) is 2.15. The Morgan fingerprint density at radius 3 is 2.07 bits per heavy atom. The molecule has 0 fully saturated rings. The molecule has 0 aromatic heterocycles. The van der Waals surface area contributed by atoms with Gasteiger partial charge >= 0.3 is 29.0 Å². The third-order valence-electron chi connectivity index (χ3n) is 1.47. The second-order valence-electron chi connectivity index (χ2n) is 2.38. The minimum absolute atomic E-state index is 0. The first-order chi connectivity index (χ1) is 6.45. The summed E-state index contributed by atoms with van der Waals surface area (Å²) in [6.07, 6.45) is 0. The van der Waals surface area contributed by atoms with Crippen LogP contribution in [0.5, 0.6) is 0 Å². The fourth-order valence-corrected chi connectivity index (χ4v) is 1.30. The molecular formula is C7H8MgO6S. The van der Waals surface area contributed by atoms with E-state index in [0.717, 1.165) is 24.3 Å². The summed E-state index contributed by atoms with van der Waals surface area (Å²) >= 11 is 0. The van der Waals surface area contributed by atoms with Crippen molar-refractivity contribution in [2.45, 2.75) is 4.90 Å². The minimum atomic E-state index is -4.27. The Morgan fingerprint density at radius 1 is 1.27 bits per heavy atom. The first-order valence-electron chi connectivity index (χ1n) is 3.38. The van der Waals surface area contributed by atoms with Gasteiger partial charge in [-0.1, -0.05) is 0 Å². The quantitative estimate of drug-likeness (QED) is 0.338. The summed E-state index contributed by atoms with van der Waals surface area (Å²) < 4.78 is 29.7. The zero-order chi connectivity index (χ0) is 10.8. The first kappa shape index (κ1) is 14.3. The van der Waals surface area contributed by atoms with Crippen molar-refractivity contribution in [3.63, 3.8) is 0 Å². The molecule has 0 amide bonds. The van der Waals surface area contributed by atoms with Crippen LogP contribution in [0.2, 0.25) is 0 Å². The topological polar surface area (TPSA) is 101 Å². The molecule has 0 aliphatic heterocycles. The fourth-order valence-electron chi connectivity index (χ4n) is 0.816. The Kier molecular flexibility index (Phi) is 5.18. The van der Waals surface area contributed by atoms with E-state index in [9.17, 15) is 13.2 Å². The molecule has 80 valence electrons. The van der Waals surface area contributed by atoms with Crippen molar-refractivity contribution in [2.75, 3.05) is 0 Å². The number of benzene rings is 1. The van der Waals surface area contributed by atoms with Crippen molar-refractivity contribution in [1.29, 1.82) is 0 Å². The Bertz CT molecular complexity index is 446. The molecule has 0 aliphatic carbocycles. The summed E-state index contributed by atoms with van der Waals surface area (Å²) in [6.45, 7) is 0. The third kappa shape index (κ3) is 3.76. The van der Waals surface area contributed by atoms with E-state index in [1.807, 2.05) is 0 Å². The number of hydrogen-bond acceptors (Lipinski definition) is 5. The van der Waals surface area contributed by atoms with Crippen LogP contribution < -0.4 is 0 Å². The van der Waals surface area contributed by atoms with Crippen LogP contribution in [-0.2, 0) is 15.0 Å². The van der Waals surface area contributed by atoms with E-state index in [0.29, 0.717) is 0 Å². The molecule has 0 bridgehead atoms. The molecule has 0 saturated carbocycles. The van der Waals surface area contributed by atoms with Gasteiger partial charge in [-0.3, -0.25) is 9.44 Å². The zero-order valence-corrected chi connectivity index (χ0v) is 9.68. The predicted molar refractivity (Wildman–Crippen MR) is 52.3 cm³/mol. The summed E-state index contributed by atoms with van der Waals surface area (Å²) in [5, 5.41) is 8.00. The van der Waals surface area contributed by atoms with Gasteiger partial charge in [0.05, 0.1) is 10.5 Å².